The zero-order chi connectivity index (χ0) is 63.7. The number of ether oxygens (including phenoxy) is 4. The number of phosphoric acid groups is 2. The van der Waals surface area contributed by atoms with Crippen molar-refractivity contribution in [3.05, 3.63) is 64.6 Å². The van der Waals surface area contributed by atoms with Crippen LogP contribution in [0.5, 0.6) is 0 Å². The van der Waals surface area contributed by atoms with E-state index >= 15 is 17.6 Å². The van der Waals surface area contributed by atoms with Crippen molar-refractivity contribution in [3.63, 3.8) is 0 Å². The van der Waals surface area contributed by atoms with Gasteiger partial charge in [-0.1, -0.05) is 0 Å². The summed E-state index contributed by atoms with van der Waals surface area (Å²) in [4.78, 5) is 108. The first-order valence-corrected chi connectivity index (χ1v) is 34.1. The van der Waals surface area contributed by atoms with Gasteiger partial charge in [-0.3, -0.25) is 65.0 Å². The molecule has 14 heterocycles. The van der Waals surface area contributed by atoms with E-state index in [1.165, 1.54) is 34.1 Å². The number of nitrogen functional groups attached to an aromatic ring is 4. The lowest BCUT2D eigenvalue weighted by molar-refractivity contribution is -0.0630. The van der Waals surface area contributed by atoms with Crippen molar-refractivity contribution in [3.8, 4) is 0 Å². The SMILES string of the molecule is Nc1nc2c(ncn2[C@@H]2O[C@@H]3COP(=O)(O)O[C@H]4[C@H](F)[C@H](n5cnc6c(N)ccnc65)O[C@@H]4COP(O)(=S)O[C@@H]2[C@@H]3F)c(=O)[nH]1.Nc1nc2c(ncn2[C@@H]2O[C@@H]3COP(=O)(O)O[C@H]4[C@H](F)[C@H](n5cnc6c(N)ncnc65)O[C@@H]4COP(O)(=S)O[C@@H]2[C@@H]3F)c(=O)[nH]1. The number of nitrogens with one attached hydrogen (secondary N) is 2. The topological polar surface area (TPSA) is 531 Å². The van der Waals surface area contributed by atoms with Crippen molar-refractivity contribution < 1.29 is 101 Å². The predicted molar refractivity (Wildman–Crippen MR) is 298 cm³/mol. The molecule has 0 amide bonds. The predicted octanol–water partition coefficient (Wildman–Crippen LogP) is 0.0636. The van der Waals surface area contributed by atoms with Gasteiger partial charge in [0.15, 0.2) is 89.0 Å². The summed E-state index contributed by atoms with van der Waals surface area (Å²) in [6.45, 7) is -12.1. The molecule has 8 aromatic rings. The molecule has 0 radical (unpaired) electrons. The summed E-state index contributed by atoms with van der Waals surface area (Å²) >= 11 is 10.3. The van der Waals surface area contributed by atoms with E-state index in [2.05, 4.69) is 54.8 Å². The number of halogens is 4. The summed E-state index contributed by atoms with van der Waals surface area (Å²) in [5.74, 6) is -0.555. The summed E-state index contributed by atoms with van der Waals surface area (Å²) < 4.78 is 159. The van der Waals surface area contributed by atoms with Crippen molar-refractivity contribution in [1.82, 2.24) is 73.1 Å². The number of nitrogens with two attached hydrogens (primary N) is 4. The molecule has 20 atom stereocenters. The van der Waals surface area contributed by atoms with Crippen LogP contribution in [-0.2, 0) is 87.9 Å². The van der Waals surface area contributed by atoms with E-state index in [0.717, 1.165) is 28.1 Å². The number of aromatic amines is 2. The average Bonchev–Trinajstić information content (AvgIpc) is 1.81. The molecular formula is C41H45F4N19O20P4S2. The minimum atomic E-state index is -5.15. The second-order valence-corrected chi connectivity index (χ2v) is 28.6. The second-order valence-electron chi connectivity index (χ2n) is 20.2. The Kier molecular flexibility index (Phi) is 16.4. The fourth-order valence-corrected chi connectivity index (χ4v) is 15.3. The maximum Gasteiger partial charge on any atom is 0.472 e. The van der Waals surface area contributed by atoms with Crippen LogP contribution in [-0.4, -0.2) is 193 Å². The van der Waals surface area contributed by atoms with Crippen LogP contribution in [0.2, 0.25) is 0 Å². The third-order valence-corrected chi connectivity index (χ3v) is 19.7. The van der Waals surface area contributed by atoms with Gasteiger partial charge in [-0.15, -0.1) is 0 Å². The number of anilines is 4. The summed E-state index contributed by atoms with van der Waals surface area (Å²) in [7, 11) is -10.3. The molecule has 90 heavy (non-hydrogen) atoms. The smallest absolute Gasteiger partial charge is 0.397 e. The number of pyridine rings is 1. The zero-order valence-corrected chi connectivity index (χ0v) is 49.9. The molecule has 6 saturated heterocycles. The Morgan fingerprint density at radius 2 is 0.889 bits per heavy atom. The summed E-state index contributed by atoms with van der Waals surface area (Å²) in [5, 5.41) is 0. The Morgan fingerprint density at radius 3 is 1.36 bits per heavy atom. The number of hydrogen-bond acceptors (Lipinski definition) is 31. The zero-order valence-electron chi connectivity index (χ0n) is 44.7. The molecule has 484 valence electrons. The molecule has 4 unspecified atom stereocenters. The second kappa shape index (κ2) is 23.5. The van der Waals surface area contributed by atoms with Crippen LogP contribution in [0.25, 0.3) is 44.7 Å². The molecule has 14 rings (SSSR count). The van der Waals surface area contributed by atoms with Crippen LogP contribution in [0.15, 0.2) is 53.5 Å². The minimum Gasteiger partial charge on any atom is -0.397 e. The third-order valence-electron chi connectivity index (χ3n) is 14.6. The lowest BCUT2D eigenvalue weighted by atomic mass is 10.1. The number of phosphoric ester groups is 2. The first-order chi connectivity index (χ1) is 42.6. The number of hydrogen-bond donors (Lipinski definition) is 10. The number of imidazole rings is 4. The van der Waals surface area contributed by atoms with E-state index in [-0.39, 0.29) is 68.1 Å². The van der Waals surface area contributed by atoms with Gasteiger partial charge in [-0.2, -0.15) is 9.97 Å². The quantitative estimate of drug-likeness (QED) is 0.0823. The van der Waals surface area contributed by atoms with Crippen LogP contribution in [0.3, 0.4) is 0 Å². The van der Waals surface area contributed by atoms with Crippen molar-refractivity contribution in [1.29, 1.82) is 0 Å². The maximum absolute atomic E-state index is 15.9. The highest BCUT2D eigenvalue weighted by molar-refractivity contribution is 8.07. The van der Waals surface area contributed by atoms with Crippen LogP contribution in [0.1, 0.15) is 24.9 Å². The summed E-state index contributed by atoms with van der Waals surface area (Å²) in [6.07, 6.45) is -21.0. The van der Waals surface area contributed by atoms with E-state index < -0.39 is 165 Å². The molecule has 39 nitrogen and oxygen atoms in total. The normalized spacial score (nSPS) is 37.7. The third kappa shape index (κ3) is 11.7. The number of alkyl halides is 4. The van der Waals surface area contributed by atoms with E-state index in [9.17, 15) is 38.3 Å². The molecule has 49 heteroatoms. The van der Waals surface area contributed by atoms with E-state index in [0.29, 0.717) is 0 Å². The van der Waals surface area contributed by atoms with Gasteiger partial charge in [0.2, 0.25) is 11.9 Å². The van der Waals surface area contributed by atoms with Gasteiger partial charge >= 0.3 is 29.1 Å². The lowest BCUT2D eigenvalue weighted by Crippen LogP contribution is -2.34. The van der Waals surface area contributed by atoms with Gasteiger partial charge in [0, 0.05) is 6.20 Å². The molecule has 8 aromatic heterocycles. The Balaban J connectivity index is 0.000000165. The largest absolute Gasteiger partial charge is 0.472 e. The number of rotatable bonds is 4. The highest BCUT2D eigenvalue weighted by atomic mass is 32.5. The highest BCUT2D eigenvalue weighted by Gasteiger charge is 2.57. The number of H-pyrrole nitrogens is 2. The molecule has 4 bridgehead atoms. The molecule has 14 N–H and O–H groups in total. The molecule has 6 aliphatic heterocycles. The number of fused-ring (bicyclic) bond motifs is 10. The average molecular weight is 1390 g/mol. The maximum atomic E-state index is 15.9. The van der Waals surface area contributed by atoms with Crippen molar-refractivity contribution in [2.45, 2.75) is 98.4 Å². The van der Waals surface area contributed by atoms with E-state index in [1.54, 1.807) is 0 Å². The fraction of sp³-hybridized carbons (Fsp3) is 0.488. The summed E-state index contributed by atoms with van der Waals surface area (Å²) in [5.41, 5.74) is 21.9. The molecule has 0 spiro atoms. The Labute approximate surface area is 505 Å². The minimum absolute atomic E-state index is 0.0109. The molecule has 0 aliphatic carbocycles. The van der Waals surface area contributed by atoms with Gasteiger partial charge in [0.25, 0.3) is 11.1 Å². The monoisotopic (exact) mass is 1390 g/mol. The van der Waals surface area contributed by atoms with Gasteiger partial charge in [0.1, 0.15) is 66.2 Å². The fourth-order valence-electron chi connectivity index (χ4n) is 10.5. The first kappa shape index (κ1) is 62.7. The summed E-state index contributed by atoms with van der Waals surface area (Å²) in [6, 6.07) is 1.49. The van der Waals surface area contributed by atoms with Gasteiger partial charge in [0.05, 0.1) is 57.4 Å². The highest BCUT2D eigenvalue weighted by Crippen LogP contribution is 2.57. The molecule has 6 fully saturated rings. The lowest BCUT2D eigenvalue weighted by Gasteiger charge is -2.27. The van der Waals surface area contributed by atoms with Crippen LogP contribution in [0.4, 0.5) is 41.0 Å². The van der Waals surface area contributed by atoms with Crippen molar-refractivity contribution in [2.75, 3.05) is 49.4 Å². The molecule has 0 aromatic carbocycles. The standard InChI is InChI=1S/C21H23F2N9O10P2S.C20H22F2N10O10P2S/c22-10-8-3-37-43(34,35)41-14-9(40-19(11(14)23)31-5-27-12-7(24)1-2-26-16(12)31)4-38-44(36,45)42-15(10)20(39-8)32-6-28-13-17(32)29-21(25)30-18(13)33;21-8-6-1-37-43(34,35)41-12-7(40-18(9(12)22)31-4-27-10-14(23)25-3-26-15(10)31)2-38-44(36,45)42-13(8)19(39-6)32-5-28-11-16(32)29-20(24)30-17(11)33/h1-2,5-6,8-11,14-15,19-20H,3-4H2,(H2,24,26)(H,34,35)(H,36,45)(H3,25,29,30,33);3-9,12-13,18-19H,1-2H2,(H,34,35)(H,36,45)(H2,23,25,26)(H3,24,29,30,33)/t8-,9-,10-,11+,14-,15-,19-,20-,44?;6-,7-,8-,9+,12-,13-,18-,19-,44?/m11/s1. The van der Waals surface area contributed by atoms with Gasteiger partial charge in [-0.05, 0) is 29.7 Å². The number of nitrogens with zero attached hydrogens (tertiary/aromatic N) is 13. The van der Waals surface area contributed by atoms with E-state index in [4.69, 9.17) is 102 Å². The molecule has 0 saturated carbocycles. The number of aromatic nitrogens is 15. The Bertz CT molecular complexity index is 4170. The van der Waals surface area contributed by atoms with Crippen molar-refractivity contribution >= 4 is 121 Å². The van der Waals surface area contributed by atoms with Gasteiger partial charge in [-0.25, -0.2) is 61.6 Å². The molecule has 6 aliphatic rings. The Hall–Kier alpha value is -6.09. The Morgan fingerprint density at radius 1 is 0.489 bits per heavy atom. The van der Waals surface area contributed by atoms with E-state index in [1.807, 2.05) is 0 Å². The van der Waals surface area contributed by atoms with Crippen LogP contribution >= 0.6 is 29.1 Å². The van der Waals surface area contributed by atoms with Crippen LogP contribution in [0, 0.1) is 0 Å². The first-order valence-electron chi connectivity index (χ1n) is 25.9. The van der Waals surface area contributed by atoms with Crippen LogP contribution < -0.4 is 34.1 Å². The van der Waals surface area contributed by atoms with Gasteiger partial charge < -0.3 is 70.5 Å². The molecular weight excluding hydrogens is 1340 g/mol. The van der Waals surface area contributed by atoms with Crippen molar-refractivity contribution in [2.24, 2.45) is 0 Å².